The SMILES string of the molecule is Cc1ccc(C(=O)N2CCCC2CCc2nncn2-c2ccccc2)cc1C. The van der Waals surface area contributed by atoms with E-state index in [2.05, 4.69) is 36.2 Å². The second-order valence-corrected chi connectivity index (χ2v) is 7.59. The maximum atomic E-state index is 13.1. The average Bonchev–Trinajstić information content (AvgIpc) is 3.37. The number of aryl methyl sites for hydroxylation is 3. The summed E-state index contributed by atoms with van der Waals surface area (Å²) in [6, 6.07) is 16.4. The minimum absolute atomic E-state index is 0.148. The molecule has 0 radical (unpaired) electrons. The van der Waals surface area contributed by atoms with Gasteiger partial charge in [0.1, 0.15) is 12.2 Å². The zero-order valence-electron chi connectivity index (χ0n) is 16.5. The van der Waals surface area contributed by atoms with Crippen molar-refractivity contribution >= 4 is 5.91 Å². The molecule has 1 aliphatic heterocycles. The first-order valence-corrected chi connectivity index (χ1v) is 9.96. The first-order chi connectivity index (χ1) is 13.6. The predicted molar refractivity (Wildman–Crippen MR) is 110 cm³/mol. The number of benzene rings is 2. The molecule has 5 nitrogen and oxygen atoms in total. The molecule has 2 heterocycles. The molecular weight excluding hydrogens is 348 g/mol. The van der Waals surface area contributed by atoms with Crippen LogP contribution in [0.5, 0.6) is 0 Å². The second-order valence-electron chi connectivity index (χ2n) is 7.59. The van der Waals surface area contributed by atoms with Crippen molar-refractivity contribution in [2.45, 2.75) is 45.6 Å². The first kappa shape index (κ1) is 18.4. The Balaban J connectivity index is 1.46. The molecule has 1 atom stereocenters. The molecule has 1 amide bonds. The molecule has 28 heavy (non-hydrogen) atoms. The van der Waals surface area contributed by atoms with Crippen molar-refractivity contribution in [3.8, 4) is 5.69 Å². The van der Waals surface area contributed by atoms with E-state index in [1.807, 2.05) is 45.9 Å². The molecule has 0 bridgehead atoms. The Kier molecular flexibility index (Phi) is 5.24. The summed E-state index contributed by atoms with van der Waals surface area (Å²) in [6.07, 6.45) is 5.58. The van der Waals surface area contributed by atoms with E-state index in [-0.39, 0.29) is 11.9 Å². The lowest BCUT2D eigenvalue weighted by Crippen LogP contribution is -2.36. The Hall–Kier alpha value is -2.95. The van der Waals surface area contributed by atoms with Gasteiger partial charge in [0.05, 0.1) is 0 Å². The summed E-state index contributed by atoms with van der Waals surface area (Å²) in [7, 11) is 0. The maximum Gasteiger partial charge on any atom is 0.254 e. The number of nitrogens with zero attached hydrogens (tertiary/aromatic N) is 4. The van der Waals surface area contributed by atoms with Gasteiger partial charge in [0.15, 0.2) is 0 Å². The molecule has 1 fully saturated rings. The highest BCUT2D eigenvalue weighted by molar-refractivity contribution is 5.94. The van der Waals surface area contributed by atoms with Crippen molar-refractivity contribution in [1.82, 2.24) is 19.7 Å². The van der Waals surface area contributed by atoms with Crippen LogP contribution >= 0.6 is 0 Å². The number of hydrogen-bond acceptors (Lipinski definition) is 3. The highest BCUT2D eigenvalue weighted by atomic mass is 16.2. The molecular formula is C23H26N4O. The van der Waals surface area contributed by atoms with Crippen LogP contribution in [0.25, 0.3) is 5.69 Å². The standard InChI is InChI=1S/C23H26N4O/c1-17-10-11-19(15-18(17)2)23(28)26-14-6-9-21(26)12-13-22-25-24-16-27(22)20-7-4-3-5-8-20/h3-5,7-8,10-11,15-16,21H,6,9,12-14H2,1-2H3. The summed E-state index contributed by atoms with van der Waals surface area (Å²) in [5, 5.41) is 8.41. The summed E-state index contributed by atoms with van der Waals surface area (Å²) in [5.74, 6) is 1.09. The summed E-state index contributed by atoms with van der Waals surface area (Å²) in [6.45, 7) is 4.97. The zero-order valence-corrected chi connectivity index (χ0v) is 16.5. The first-order valence-electron chi connectivity index (χ1n) is 9.96. The van der Waals surface area contributed by atoms with Gasteiger partial charge in [-0.2, -0.15) is 0 Å². The fourth-order valence-electron chi connectivity index (χ4n) is 3.97. The van der Waals surface area contributed by atoms with Crippen molar-refractivity contribution in [2.75, 3.05) is 6.54 Å². The Bertz CT molecular complexity index is 964. The molecule has 2 aromatic carbocycles. The Morgan fingerprint density at radius 2 is 1.93 bits per heavy atom. The molecule has 0 N–H and O–H groups in total. The molecule has 144 valence electrons. The molecule has 1 unspecified atom stereocenters. The smallest absolute Gasteiger partial charge is 0.254 e. The Labute approximate surface area is 166 Å². The van der Waals surface area contributed by atoms with Crippen LogP contribution in [-0.4, -0.2) is 38.2 Å². The van der Waals surface area contributed by atoms with Crippen molar-refractivity contribution < 1.29 is 4.79 Å². The van der Waals surface area contributed by atoms with Crippen molar-refractivity contribution in [2.24, 2.45) is 0 Å². The quantitative estimate of drug-likeness (QED) is 0.675. The predicted octanol–water partition coefficient (Wildman–Crippen LogP) is 4.12. The zero-order chi connectivity index (χ0) is 19.5. The number of para-hydroxylation sites is 1. The van der Waals surface area contributed by atoms with Gasteiger partial charge in [-0.1, -0.05) is 24.3 Å². The number of rotatable bonds is 5. The van der Waals surface area contributed by atoms with Gasteiger partial charge in [-0.05, 0) is 68.5 Å². The molecule has 5 heteroatoms. The highest BCUT2D eigenvalue weighted by Gasteiger charge is 2.29. The minimum atomic E-state index is 0.148. The molecule has 0 aliphatic carbocycles. The number of carbonyl (C=O) groups excluding carboxylic acids is 1. The van der Waals surface area contributed by atoms with Crippen LogP contribution in [0.4, 0.5) is 0 Å². The van der Waals surface area contributed by atoms with Crippen LogP contribution in [0.1, 0.15) is 46.6 Å². The third-order valence-electron chi connectivity index (χ3n) is 5.75. The van der Waals surface area contributed by atoms with E-state index in [0.29, 0.717) is 0 Å². The summed E-state index contributed by atoms with van der Waals surface area (Å²) in [5.41, 5.74) is 4.24. The molecule has 0 saturated carbocycles. The third kappa shape index (κ3) is 3.70. The number of amides is 1. The highest BCUT2D eigenvalue weighted by Crippen LogP contribution is 2.25. The van der Waals surface area contributed by atoms with Gasteiger partial charge >= 0.3 is 0 Å². The minimum Gasteiger partial charge on any atom is -0.336 e. The molecule has 4 rings (SSSR count). The van der Waals surface area contributed by atoms with Crippen LogP contribution in [0.15, 0.2) is 54.9 Å². The lowest BCUT2D eigenvalue weighted by molar-refractivity contribution is 0.0730. The Morgan fingerprint density at radius 3 is 2.71 bits per heavy atom. The average molecular weight is 374 g/mol. The monoisotopic (exact) mass is 374 g/mol. The van der Waals surface area contributed by atoms with E-state index in [4.69, 9.17) is 0 Å². The number of carbonyl (C=O) groups is 1. The third-order valence-corrected chi connectivity index (χ3v) is 5.75. The fraction of sp³-hybridized carbons (Fsp3) is 0.348. The molecule has 3 aromatic rings. The lowest BCUT2D eigenvalue weighted by atomic mass is 10.0. The lowest BCUT2D eigenvalue weighted by Gasteiger charge is -2.25. The molecule has 1 aliphatic rings. The van der Waals surface area contributed by atoms with Crippen LogP contribution in [0.3, 0.4) is 0 Å². The van der Waals surface area contributed by atoms with Crippen LogP contribution in [-0.2, 0) is 6.42 Å². The topological polar surface area (TPSA) is 51.0 Å². The number of aromatic nitrogens is 3. The van der Waals surface area contributed by atoms with E-state index < -0.39 is 0 Å². The van der Waals surface area contributed by atoms with Crippen molar-refractivity contribution in [1.29, 1.82) is 0 Å². The van der Waals surface area contributed by atoms with Gasteiger partial charge in [0, 0.05) is 30.3 Å². The largest absolute Gasteiger partial charge is 0.336 e. The van der Waals surface area contributed by atoms with Gasteiger partial charge < -0.3 is 4.90 Å². The van der Waals surface area contributed by atoms with Crippen LogP contribution < -0.4 is 0 Å². The van der Waals surface area contributed by atoms with Gasteiger partial charge in [-0.15, -0.1) is 10.2 Å². The number of likely N-dealkylation sites (tertiary alicyclic amines) is 1. The van der Waals surface area contributed by atoms with Gasteiger partial charge in [0.25, 0.3) is 5.91 Å². The van der Waals surface area contributed by atoms with E-state index in [1.165, 1.54) is 5.56 Å². The van der Waals surface area contributed by atoms with Gasteiger partial charge in [0.2, 0.25) is 0 Å². The van der Waals surface area contributed by atoms with E-state index >= 15 is 0 Å². The van der Waals surface area contributed by atoms with Gasteiger partial charge in [-0.25, -0.2) is 0 Å². The van der Waals surface area contributed by atoms with Gasteiger partial charge in [-0.3, -0.25) is 9.36 Å². The Morgan fingerprint density at radius 1 is 1.11 bits per heavy atom. The summed E-state index contributed by atoms with van der Waals surface area (Å²) in [4.78, 5) is 15.1. The number of hydrogen-bond donors (Lipinski definition) is 0. The molecule has 1 aromatic heterocycles. The normalized spacial score (nSPS) is 16.5. The van der Waals surface area contributed by atoms with Crippen molar-refractivity contribution in [3.05, 3.63) is 77.4 Å². The fourth-order valence-corrected chi connectivity index (χ4v) is 3.97. The summed E-state index contributed by atoms with van der Waals surface area (Å²) < 4.78 is 2.03. The molecule has 1 saturated heterocycles. The van der Waals surface area contributed by atoms with E-state index in [0.717, 1.165) is 54.9 Å². The second kappa shape index (κ2) is 7.97. The summed E-state index contributed by atoms with van der Waals surface area (Å²) >= 11 is 0. The van der Waals surface area contributed by atoms with E-state index in [9.17, 15) is 4.79 Å². The van der Waals surface area contributed by atoms with Crippen LogP contribution in [0, 0.1) is 13.8 Å². The van der Waals surface area contributed by atoms with Crippen LogP contribution in [0.2, 0.25) is 0 Å². The molecule has 0 spiro atoms. The van der Waals surface area contributed by atoms with Crippen molar-refractivity contribution in [3.63, 3.8) is 0 Å². The maximum absolute atomic E-state index is 13.1. The van der Waals surface area contributed by atoms with E-state index in [1.54, 1.807) is 6.33 Å².